The second-order valence-corrected chi connectivity index (χ2v) is 6.28. The van der Waals surface area contributed by atoms with Gasteiger partial charge in [0.15, 0.2) is 5.82 Å². The number of aromatic nitrogens is 3. The van der Waals surface area contributed by atoms with Crippen molar-refractivity contribution >= 4 is 17.2 Å². The van der Waals surface area contributed by atoms with E-state index in [-0.39, 0.29) is 5.41 Å². The van der Waals surface area contributed by atoms with Crippen LogP contribution in [0.4, 0.5) is 5.82 Å². The normalized spacial score (nSPS) is 11.6. The molecule has 96 valence electrons. The summed E-state index contributed by atoms with van der Waals surface area (Å²) in [5, 5.41) is 6.11. The highest BCUT2D eigenvalue weighted by Crippen LogP contribution is 2.26. The highest BCUT2D eigenvalue weighted by atomic mass is 32.1. The zero-order valence-corrected chi connectivity index (χ0v) is 12.2. The lowest BCUT2D eigenvalue weighted by Crippen LogP contribution is -2.15. The lowest BCUT2D eigenvalue weighted by Gasteiger charge is -2.19. The van der Waals surface area contributed by atoms with Crippen LogP contribution in [0, 0.1) is 6.92 Å². The van der Waals surface area contributed by atoms with Crippen LogP contribution in [0.5, 0.6) is 0 Å². The van der Waals surface area contributed by atoms with Crippen LogP contribution < -0.4 is 5.32 Å². The molecule has 0 unspecified atom stereocenters. The van der Waals surface area contributed by atoms with Gasteiger partial charge in [-0.3, -0.25) is 0 Å². The quantitative estimate of drug-likeness (QED) is 0.902. The number of thiazole rings is 1. The van der Waals surface area contributed by atoms with Gasteiger partial charge in [-0.25, -0.2) is 15.0 Å². The zero-order chi connectivity index (χ0) is 13.3. The summed E-state index contributed by atoms with van der Waals surface area (Å²) in [6, 6.07) is 1.99. The first-order chi connectivity index (χ1) is 8.40. The third kappa shape index (κ3) is 2.67. The summed E-state index contributed by atoms with van der Waals surface area (Å²) in [5.41, 5.74) is 1.86. The molecule has 5 heteroatoms. The van der Waals surface area contributed by atoms with Crippen molar-refractivity contribution in [3.63, 3.8) is 0 Å². The lowest BCUT2D eigenvalue weighted by molar-refractivity contribution is 0.568. The molecule has 0 aliphatic carbocycles. The summed E-state index contributed by atoms with van der Waals surface area (Å²) in [6.07, 6.45) is 0. The number of hydrogen-bond donors (Lipinski definition) is 1. The molecule has 0 bridgehead atoms. The lowest BCUT2D eigenvalue weighted by atomic mass is 9.92. The number of rotatable bonds is 2. The van der Waals surface area contributed by atoms with Crippen LogP contribution >= 0.6 is 11.3 Å². The molecule has 2 aromatic rings. The number of nitrogens with one attached hydrogen (secondary N) is 1. The fraction of sp³-hybridized carbons (Fsp3) is 0.462. The zero-order valence-electron chi connectivity index (χ0n) is 11.4. The molecule has 0 aliphatic heterocycles. The molecule has 0 saturated heterocycles. The van der Waals surface area contributed by atoms with Crippen LogP contribution in [0.3, 0.4) is 0 Å². The first-order valence-corrected chi connectivity index (χ1v) is 6.78. The van der Waals surface area contributed by atoms with Crippen molar-refractivity contribution in [2.45, 2.75) is 33.1 Å². The summed E-state index contributed by atoms with van der Waals surface area (Å²) < 4.78 is 0. The molecule has 2 heterocycles. The Bertz CT molecular complexity index is 554. The van der Waals surface area contributed by atoms with Crippen LogP contribution in [-0.2, 0) is 5.41 Å². The van der Waals surface area contributed by atoms with Gasteiger partial charge >= 0.3 is 0 Å². The van der Waals surface area contributed by atoms with Gasteiger partial charge in [0.05, 0.1) is 10.7 Å². The summed E-state index contributed by atoms with van der Waals surface area (Å²) in [5.74, 6) is 1.52. The van der Waals surface area contributed by atoms with Gasteiger partial charge < -0.3 is 5.32 Å². The predicted molar refractivity (Wildman–Crippen MR) is 76.1 cm³/mol. The van der Waals surface area contributed by atoms with Crippen molar-refractivity contribution in [2.75, 3.05) is 12.4 Å². The summed E-state index contributed by atoms with van der Waals surface area (Å²) in [7, 11) is 1.87. The molecule has 0 aliphatic rings. The van der Waals surface area contributed by atoms with E-state index in [9.17, 15) is 0 Å². The second-order valence-electron chi connectivity index (χ2n) is 5.21. The van der Waals surface area contributed by atoms with Gasteiger partial charge in [-0.15, -0.1) is 11.3 Å². The first kappa shape index (κ1) is 13.0. The van der Waals surface area contributed by atoms with E-state index < -0.39 is 0 Å². The van der Waals surface area contributed by atoms with E-state index in [2.05, 4.69) is 41.0 Å². The Hall–Kier alpha value is -1.49. The Morgan fingerprint density at radius 3 is 2.39 bits per heavy atom. The molecule has 0 atom stereocenters. The van der Waals surface area contributed by atoms with Crippen LogP contribution in [0.25, 0.3) is 11.5 Å². The molecule has 0 amide bonds. The molecule has 1 N–H and O–H groups in total. The molecule has 4 nitrogen and oxygen atoms in total. The maximum absolute atomic E-state index is 4.63. The third-order valence-electron chi connectivity index (χ3n) is 2.60. The van der Waals surface area contributed by atoms with Gasteiger partial charge in [-0.1, -0.05) is 20.8 Å². The Kier molecular flexibility index (Phi) is 3.34. The number of anilines is 1. The molecule has 2 aromatic heterocycles. The maximum atomic E-state index is 4.63. The van der Waals surface area contributed by atoms with Crippen molar-refractivity contribution in [3.8, 4) is 11.5 Å². The highest BCUT2D eigenvalue weighted by molar-refractivity contribution is 7.09. The van der Waals surface area contributed by atoms with Gasteiger partial charge in [0.2, 0.25) is 0 Å². The minimum Gasteiger partial charge on any atom is -0.373 e. The molecule has 0 fully saturated rings. The second kappa shape index (κ2) is 4.65. The monoisotopic (exact) mass is 262 g/mol. The maximum Gasteiger partial charge on any atom is 0.181 e. The van der Waals surface area contributed by atoms with Gasteiger partial charge in [-0.2, -0.15) is 0 Å². The van der Waals surface area contributed by atoms with E-state index >= 15 is 0 Å². The fourth-order valence-electron chi connectivity index (χ4n) is 1.54. The Morgan fingerprint density at radius 1 is 1.17 bits per heavy atom. The molecule has 0 aromatic carbocycles. The van der Waals surface area contributed by atoms with E-state index in [1.165, 1.54) is 0 Å². The Balaban J connectivity index is 2.54. The number of aryl methyl sites for hydroxylation is 1. The molecule has 0 saturated carbocycles. The SMILES string of the molecule is CNc1cc(C(C)(C)C)nc(-c2csc(C)n2)n1. The predicted octanol–water partition coefficient (Wildman–Crippen LogP) is 3.25. The largest absolute Gasteiger partial charge is 0.373 e. The van der Waals surface area contributed by atoms with Crippen molar-refractivity contribution in [2.24, 2.45) is 0 Å². The fourth-order valence-corrected chi connectivity index (χ4v) is 2.13. The molecule has 0 spiro atoms. The number of hydrogen-bond acceptors (Lipinski definition) is 5. The van der Waals surface area contributed by atoms with Gasteiger partial charge in [0, 0.05) is 23.9 Å². The van der Waals surface area contributed by atoms with Crippen LogP contribution in [-0.4, -0.2) is 22.0 Å². The standard InChI is InChI=1S/C13H18N4S/c1-8-15-9(7-18-8)12-16-10(13(2,3)4)6-11(14-5)17-12/h6-7H,1-5H3,(H,14,16,17). The van der Waals surface area contributed by atoms with E-state index in [0.29, 0.717) is 5.82 Å². The molecule has 0 radical (unpaired) electrons. The van der Waals surface area contributed by atoms with E-state index in [0.717, 1.165) is 22.2 Å². The highest BCUT2D eigenvalue weighted by Gasteiger charge is 2.19. The van der Waals surface area contributed by atoms with Crippen molar-refractivity contribution in [1.29, 1.82) is 0 Å². The van der Waals surface area contributed by atoms with Gasteiger partial charge in [0.25, 0.3) is 0 Å². The van der Waals surface area contributed by atoms with Crippen LogP contribution in [0.1, 0.15) is 31.5 Å². The first-order valence-electron chi connectivity index (χ1n) is 5.90. The smallest absolute Gasteiger partial charge is 0.181 e. The van der Waals surface area contributed by atoms with E-state index in [1.54, 1.807) is 11.3 Å². The average molecular weight is 262 g/mol. The Morgan fingerprint density at radius 2 is 1.89 bits per heavy atom. The van der Waals surface area contributed by atoms with E-state index in [1.807, 2.05) is 25.4 Å². The molecule has 18 heavy (non-hydrogen) atoms. The average Bonchev–Trinajstić information content (AvgIpc) is 2.74. The van der Waals surface area contributed by atoms with E-state index in [4.69, 9.17) is 0 Å². The molecular weight excluding hydrogens is 244 g/mol. The van der Waals surface area contributed by atoms with Gasteiger partial charge in [0.1, 0.15) is 11.5 Å². The van der Waals surface area contributed by atoms with Crippen molar-refractivity contribution < 1.29 is 0 Å². The molecule has 2 rings (SSSR count). The molecular formula is C13H18N4S. The summed E-state index contributed by atoms with van der Waals surface area (Å²) in [4.78, 5) is 13.5. The third-order valence-corrected chi connectivity index (χ3v) is 3.37. The number of nitrogens with zero attached hydrogens (tertiary/aromatic N) is 3. The van der Waals surface area contributed by atoms with Crippen LogP contribution in [0.15, 0.2) is 11.4 Å². The summed E-state index contributed by atoms with van der Waals surface area (Å²) >= 11 is 1.61. The summed E-state index contributed by atoms with van der Waals surface area (Å²) in [6.45, 7) is 8.42. The minimum atomic E-state index is -0.00560. The van der Waals surface area contributed by atoms with Crippen molar-refractivity contribution in [3.05, 3.63) is 22.1 Å². The van der Waals surface area contributed by atoms with Gasteiger partial charge in [-0.05, 0) is 6.92 Å². The van der Waals surface area contributed by atoms with Crippen LogP contribution in [0.2, 0.25) is 0 Å². The Labute approximate surface area is 112 Å². The topological polar surface area (TPSA) is 50.7 Å². The van der Waals surface area contributed by atoms with Crippen molar-refractivity contribution in [1.82, 2.24) is 15.0 Å². The minimum absolute atomic E-state index is 0.00560.